The van der Waals surface area contributed by atoms with Gasteiger partial charge in [-0.2, -0.15) is 5.10 Å². The summed E-state index contributed by atoms with van der Waals surface area (Å²) in [6.07, 6.45) is 6.21. The van der Waals surface area contributed by atoms with Crippen LogP contribution >= 0.6 is 0 Å². The average molecular weight is 438 g/mol. The summed E-state index contributed by atoms with van der Waals surface area (Å²) >= 11 is 0. The number of carbonyl (C=O) groups excluding carboxylic acids is 1. The molecule has 1 amide bonds. The van der Waals surface area contributed by atoms with E-state index in [1.807, 2.05) is 28.6 Å². The topological polar surface area (TPSA) is 83.5 Å². The molecule has 1 saturated heterocycles. The van der Waals surface area contributed by atoms with Gasteiger partial charge in [-0.3, -0.25) is 19.2 Å². The number of aromatic amines is 1. The van der Waals surface area contributed by atoms with E-state index in [1.165, 1.54) is 12.8 Å². The summed E-state index contributed by atoms with van der Waals surface area (Å²) in [6.45, 7) is 6.67. The Kier molecular flexibility index (Phi) is 5.73. The first kappa shape index (κ1) is 21.2. The van der Waals surface area contributed by atoms with Gasteiger partial charge in [0, 0.05) is 50.8 Å². The van der Waals surface area contributed by atoms with E-state index in [9.17, 15) is 9.59 Å². The van der Waals surface area contributed by atoms with Crippen LogP contribution in [0, 0.1) is 6.92 Å². The average Bonchev–Trinajstić information content (AvgIpc) is 3.47. The van der Waals surface area contributed by atoms with E-state index in [1.54, 1.807) is 13.3 Å². The van der Waals surface area contributed by atoms with Crippen molar-refractivity contribution < 1.29 is 9.53 Å². The summed E-state index contributed by atoms with van der Waals surface area (Å²) in [5.74, 6) is 0.0575. The van der Waals surface area contributed by atoms with Gasteiger partial charge in [-0.15, -0.1) is 0 Å². The van der Waals surface area contributed by atoms with Gasteiger partial charge in [0.25, 0.3) is 11.5 Å². The summed E-state index contributed by atoms with van der Waals surface area (Å²) in [5, 5.41) is 6.09. The number of aryl methyl sites for hydroxylation is 1. The summed E-state index contributed by atoms with van der Waals surface area (Å²) < 4.78 is 7.20. The number of nitrogens with one attached hydrogen (secondary N) is 1. The summed E-state index contributed by atoms with van der Waals surface area (Å²) in [5.41, 5.74) is 3.08. The van der Waals surface area contributed by atoms with Crippen LogP contribution in [0.2, 0.25) is 0 Å². The van der Waals surface area contributed by atoms with Gasteiger partial charge in [0.2, 0.25) is 0 Å². The van der Waals surface area contributed by atoms with Crippen LogP contribution < -0.4 is 5.56 Å². The van der Waals surface area contributed by atoms with Gasteiger partial charge in [0.15, 0.2) is 0 Å². The highest BCUT2D eigenvalue weighted by Gasteiger charge is 2.25. The van der Waals surface area contributed by atoms with Gasteiger partial charge in [0.05, 0.1) is 35.3 Å². The minimum atomic E-state index is -0.123. The Morgan fingerprint density at radius 1 is 1.16 bits per heavy atom. The van der Waals surface area contributed by atoms with Crippen molar-refractivity contribution in [1.29, 1.82) is 0 Å². The second kappa shape index (κ2) is 8.67. The largest absolute Gasteiger partial charge is 0.383 e. The predicted molar refractivity (Wildman–Crippen MR) is 124 cm³/mol. The number of ether oxygens (including phenoxy) is 1. The van der Waals surface area contributed by atoms with Crippen LogP contribution in [0.5, 0.6) is 0 Å². The molecule has 0 bridgehead atoms. The SMILES string of the molecule is COCCN1CCN(C(=O)c2cc3c(cc2C)[nH]c(=O)c2cnn(C4CCCC4)c23)CC1. The predicted octanol–water partition coefficient (Wildman–Crippen LogP) is 2.71. The fraction of sp³-hybridized carbons (Fsp3) is 0.542. The molecule has 2 aromatic heterocycles. The Bertz CT molecular complexity index is 1200. The lowest BCUT2D eigenvalue weighted by Crippen LogP contribution is -2.49. The molecule has 1 aliphatic heterocycles. The highest BCUT2D eigenvalue weighted by atomic mass is 16.5. The van der Waals surface area contributed by atoms with Crippen molar-refractivity contribution in [3.63, 3.8) is 0 Å². The molecule has 2 aliphatic rings. The third-order valence-corrected chi connectivity index (χ3v) is 7.08. The molecule has 1 aromatic carbocycles. The van der Waals surface area contributed by atoms with Crippen LogP contribution in [0.25, 0.3) is 21.8 Å². The van der Waals surface area contributed by atoms with E-state index < -0.39 is 0 Å². The van der Waals surface area contributed by atoms with Crippen LogP contribution in [0.4, 0.5) is 0 Å². The number of piperazine rings is 1. The van der Waals surface area contributed by atoms with Crippen LogP contribution in [-0.4, -0.2) is 76.9 Å². The number of methoxy groups -OCH3 is 1. The number of hydrogen-bond donors (Lipinski definition) is 1. The molecule has 1 aliphatic carbocycles. The number of H-pyrrole nitrogens is 1. The lowest BCUT2D eigenvalue weighted by molar-refractivity contribution is 0.0593. The molecule has 5 rings (SSSR count). The third-order valence-electron chi connectivity index (χ3n) is 7.08. The summed E-state index contributed by atoms with van der Waals surface area (Å²) in [6, 6.07) is 4.22. The van der Waals surface area contributed by atoms with E-state index in [0.29, 0.717) is 36.7 Å². The molecule has 2 fully saturated rings. The van der Waals surface area contributed by atoms with Crippen LogP contribution in [-0.2, 0) is 4.74 Å². The molecule has 0 unspecified atom stereocenters. The normalized spacial score (nSPS) is 18.2. The number of benzene rings is 1. The monoisotopic (exact) mass is 437 g/mol. The molecule has 8 nitrogen and oxygen atoms in total. The lowest BCUT2D eigenvalue weighted by atomic mass is 10.0. The Balaban J connectivity index is 1.52. The highest BCUT2D eigenvalue weighted by Crippen LogP contribution is 2.34. The first-order chi connectivity index (χ1) is 15.6. The summed E-state index contributed by atoms with van der Waals surface area (Å²) in [4.78, 5) is 33.4. The van der Waals surface area contributed by atoms with E-state index >= 15 is 0 Å². The minimum absolute atomic E-state index is 0.0575. The van der Waals surface area contributed by atoms with Crippen molar-refractivity contribution in [2.45, 2.75) is 38.6 Å². The van der Waals surface area contributed by atoms with E-state index in [-0.39, 0.29) is 11.5 Å². The fourth-order valence-corrected chi connectivity index (χ4v) is 5.22. The molecule has 1 N–H and O–H groups in total. The number of carbonyl (C=O) groups is 1. The second-order valence-corrected chi connectivity index (χ2v) is 9.08. The highest BCUT2D eigenvalue weighted by molar-refractivity contribution is 6.07. The molecule has 0 atom stereocenters. The molecular weight excluding hydrogens is 406 g/mol. The second-order valence-electron chi connectivity index (χ2n) is 9.08. The van der Waals surface area contributed by atoms with Crippen molar-refractivity contribution in [2.24, 2.45) is 0 Å². The molecule has 0 spiro atoms. The fourth-order valence-electron chi connectivity index (χ4n) is 5.22. The minimum Gasteiger partial charge on any atom is -0.383 e. The Morgan fingerprint density at radius 3 is 2.62 bits per heavy atom. The number of aromatic nitrogens is 3. The van der Waals surface area contributed by atoms with E-state index in [4.69, 9.17) is 4.74 Å². The number of nitrogens with zero attached hydrogens (tertiary/aromatic N) is 4. The first-order valence-corrected chi connectivity index (χ1v) is 11.6. The van der Waals surface area contributed by atoms with Crippen molar-refractivity contribution in [2.75, 3.05) is 46.4 Å². The van der Waals surface area contributed by atoms with Gasteiger partial charge >= 0.3 is 0 Å². The van der Waals surface area contributed by atoms with Crippen molar-refractivity contribution >= 4 is 27.7 Å². The Labute approximate surface area is 187 Å². The smallest absolute Gasteiger partial charge is 0.259 e. The molecule has 32 heavy (non-hydrogen) atoms. The zero-order valence-electron chi connectivity index (χ0n) is 18.9. The Hall–Kier alpha value is -2.71. The number of amides is 1. The molecular formula is C24H31N5O3. The van der Waals surface area contributed by atoms with Gasteiger partial charge in [0.1, 0.15) is 0 Å². The molecule has 1 saturated carbocycles. The molecule has 0 radical (unpaired) electrons. The molecule has 3 heterocycles. The number of hydrogen-bond acceptors (Lipinski definition) is 5. The standard InChI is InChI=1S/C24H31N5O3/c1-16-13-21-19(14-18(16)24(31)28-9-7-27(8-10-28)11-12-32-2)22-20(23(30)26-21)15-25-29(22)17-5-3-4-6-17/h13-15,17H,3-12H2,1-2H3,(H,26,30). The van der Waals surface area contributed by atoms with E-state index in [0.717, 1.165) is 54.5 Å². The number of pyridine rings is 1. The van der Waals surface area contributed by atoms with Crippen LogP contribution in [0.15, 0.2) is 23.1 Å². The molecule has 170 valence electrons. The van der Waals surface area contributed by atoms with Crippen molar-refractivity contribution in [3.8, 4) is 0 Å². The zero-order valence-corrected chi connectivity index (χ0v) is 18.9. The van der Waals surface area contributed by atoms with Gasteiger partial charge in [-0.25, -0.2) is 0 Å². The number of fused-ring (bicyclic) bond motifs is 3. The van der Waals surface area contributed by atoms with Crippen LogP contribution in [0.3, 0.4) is 0 Å². The van der Waals surface area contributed by atoms with E-state index in [2.05, 4.69) is 15.0 Å². The quantitative estimate of drug-likeness (QED) is 0.664. The maximum atomic E-state index is 13.5. The summed E-state index contributed by atoms with van der Waals surface area (Å²) in [7, 11) is 1.71. The maximum Gasteiger partial charge on any atom is 0.259 e. The molecule has 3 aromatic rings. The van der Waals surface area contributed by atoms with Gasteiger partial charge < -0.3 is 14.6 Å². The zero-order chi connectivity index (χ0) is 22.2. The lowest BCUT2D eigenvalue weighted by Gasteiger charge is -2.34. The Morgan fingerprint density at radius 2 is 1.91 bits per heavy atom. The van der Waals surface area contributed by atoms with Gasteiger partial charge in [-0.05, 0) is 37.5 Å². The van der Waals surface area contributed by atoms with Crippen molar-refractivity contribution in [3.05, 3.63) is 39.8 Å². The number of rotatable bonds is 5. The van der Waals surface area contributed by atoms with Crippen LogP contribution in [0.1, 0.15) is 47.6 Å². The van der Waals surface area contributed by atoms with Gasteiger partial charge in [-0.1, -0.05) is 12.8 Å². The molecule has 8 heteroatoms. The third kappa shape index (κ3) is 3.71. The first-order valence-electron chi connectivity index (χ1n) is 11.6. The maximum absolute atomic E-state index is 13.5. The van der Waals surface area contributed by atoms with Crippen molar-refractivity contribution in [1.82, 2.24) is 24.6 Å².